The first-order valence-electron chi connectivity index (χ1n) is 9.30. The number of rotatable bonds is 4. The average molecular weight is 363 g/mol. The van der Waals surface area contributed by atoms with Crippen LogP contribution in [0.2, 0.25) is 0 Å². The third-order valence-corrected chi connectivity index (χ3v) is 5.37. The summed E-state index contributed by atoms with van der Waals surface area (Å²) < 4.78 is 0. The molecule has 1 aliphatic heterocycles. The van der Waals surface area contributed by atoms with E-state index in [9.17, 15) is 14.4 Å². The van der Waals surface area contributed by atoms with Crippen molar-refractivity contribution in [2.45, 2.75) is 25.7 Å². The molecule has 2 fully saturated rings. The van der Waals surface area contributed by atoms with E-state index < -0.39 is 5.91 Å². The fourth-order valence-corrected chi connectivity index (χ4v) is 3.98. The first-order valence-corrected chi connectivity index (χ1v) is 9.30. The standard InChI is InChI=1S/C21H21N3O3/c25-19(13-24-20(26)16-8-4-5-9-17(16)21(24)27)23-18-11-10-15(12-22-18)14-6-2-1-3-7-14/h1-3,6-7,10-12,16-17H,4-5,8-9,13H2,(H,22,23,25)/t16-,17+. The van der Waals surface area contributed by atoms with Crippen LogP contribution in [-0.2, 0) is 14.4 Å². The predicted octanol–water partition coefficient (Wildman–Crippen LogP) is 2.86. The van der Waals surface area contributed by atoms with Crippen LogP contribution in [0, 0.1) is 11.8 Å². The van der Waals surface area contributed by atoms with E-state index in [2.05, 4.69) is 10.3 Å². The average Bonchev–Trinajstić information content (AvgIpc) is 2.94. The van der Waals surface area contributed by atoms with Gasteiger partial charge in [-0.2, -0.15) is 0 Å². The van der Waals surface area contributed by atoms with Gasteiger partial charge in [0.15, 0.2) is 0 Å². The summed E-state index contributed by atoms with van der Waals surface area (Å²) in [6.45, 7) is -0.243. The Morgan fingerprint density at radius 3 is 2.22 bits per heavy atom. The zero-order valence-electron chi connectivity index (χ0n) is 14.9. The number of pyridine rings is 1. The third kappa shape index (κ3) is 3.47. The molecule has 2 atom stereocenters. The van der Waals surface area contributed by atoms with Gasteiger partial charge in [-0.1, -0.05) is 43.2 Å². The second-order valence-corrected chi connectivity index (χ2v) is 7.11. The van der Waals surface area contributed by atoms with Crippen molar-refractivity contribution in [1.82, 2.24) is 9.88 Å². The van der Waals surface area contributed by atoms with Crippen LogP contribution in [0.4, 0.5) is 5.82 Å². The molecule has 6 nitrogen and oxygen atoms in total. The number of amides is 3. The minimum Gasteiger partial charge on any atom is -0.309 e. The molecule has 27 heavy (non-hydrogen) atoms. The van der Waals surface area contributed by atoms with Crippen molar-refractivity contribution in [2.24, 2.45) is 11.8 Å². The molecule has 0 radical (unpaired) electrons. The maximum atomic E-state index is 12.4. The van der Waals surface area contributed by atoms with Crippen molar-refractivity contribution < 1.29 is 14.4 Å². The molecule has 0 spiro atoms. The van der Waals surface area contributed by atoms with Gasteiger partial charge in [0.05, 0.1) is 11.8 Å². The van der Waals surface area contributed by atoms with Gasteiger partial charge in [0.25, 0.3) is 0 Å². The van der Waals surface area contributed by atoms with Gasteiger partial charge >= 0.3 is 0 Å². The highest BCUT2D eigenvalue weighted by atomic mass is 16.2. The number of nitrogens with one attached hydrogen (secondary N) is 1. The van der Waals surface area contributed by atoms with Crippen LogP contribution in [0.15, 0.2) is 48.7 Å². The predicted molar refractivity (Wildman–Crippen MR) is 100 cm³/mol. The number of anilines is 1. The molecule has 6 heteroatoms. The van der Waals surface area contributed by atoms with Crippen LogP contribution in [0.1, 0.15) is 25.7 Å². The number of carbonyl (C=O) groups excluding carboxylic acids is 3. The van der Waals surface area contributed by atoms with Gasteiger partial charge in [-0.25, -0.2) is 4.98 Å². The molecular formula is C21H21N3O3. The molecule has 4 rings (SSSR count). The number of aromatic nitrogens is 1. The first-order chi connectivity index (χ1) is 13.1. The number of likely N-dealkylation sites (tertiary alicyclic amines) is 1. The van der Waals surface area contributed by atoms with E-state index >= 15 is 0 Å². The van der Waals surface area contributed by atoms with Crippen molar-refractivity contribution in [3.63, 3.8) is 0 Å². The summed E-state index contributed by atoms with van der Waals surface area (Å²) >= 11 is 0. The lowest BCUT2D eigenvalue weighted by Gasteiger charge is -2.19. The van der Waals surface area contributed by atoms with Gasteiger partial charge < -0.3 is 5.32 Å². The van der Waals surface area contributed by atoms with Gasteiger partial charge in [0.2, 0.25) is 17.7 Å². The lowest BCUT2D eigenvalue weighted by Crippen LogP contribution is -2.38. The molecule has 1 saturated heterocycles. The lowest BCUT2D eigenvalue weighted by atomic mass is 9.81. The van der Waals surface area contributed by atoms with Crippen LogP contribution < -0.4 is 5.32 Å². The Morgan fingerprint density at radius 1 is 0.963 bits per heavy atom. The smallest absolute Gasteiger partial charge is 0.245 e. The summed E-state index contributed by atoms with van der Waals surface area (Å²) in [6, 6.07) is 13.4. The van der Waals surface area contributed by atoms with E-state index in [4.69, 9.17) is 0 Å². The zero-order chi connectivity index (χ0) is 18.8. The highest BCUT2D eigenvalue weighted by Gasteiger charge is 2.48. The molecule has 1 saturated carbocycles. The molecule has 3 amide bonds. The third-order valence-electron chi connectivity index (χ3n) is 5.37. The first kappa shape index (κ1) is 17.4. The van der Waals surface area contributed by atoms with Gasteiger partial charge in [0, 0.05) is 11.8 Å². The van der Waals surface area contributed by atoms with E-state index in [1.165, 1.54) is 0 Å². The quantitative estimate of drug-likeness (QED) is 0.847. The number of hydrogen-bond acceptors (Lipinski definition) is 4. The van der Waals surface area contributed by atoms with E-state index in [-0.39, 0.29) is 30.2 Å². The molecule has 0 bridgehead atoms. The van der Waals surface area contributed by atoms with Crippen molar-refractivity contribution in [3.8, 4) is 11.1 Å². The van der Waals surface area contributed by atoms with Gasteiger partial charge in [0.1, 0.15) is 12.4 Å². The summed E-state index contributed by atoms with van der Waals surface area (Å²) in [6.07, 6.45) is 5.12. The topological polar surface area (TPSA) is 79.4 Å². The highest BCUT2D eigenvalue weighted by Crippen LogP contribution is 2.37. The fraction of sp³-hybridized carbons (Fsp3) is 0.333. The normalized spacial score (nSPS) is 21.9. The molecule has 138 valence electrons. The summed E-state index contributed by atoms with van der Waals surface area (Å²) in [5.74, 6) is -0.879. The van der Waals surface area contributed by atoms with Gasteiger partial charge in [-0.05, 0) is 30.5 Å². The molecule has 1 aromatic heterocycles. The monoisotopic (exact) mass is 363 g/mol. The minimum absolute atomic E-state index is 0.202. The van der Waals surface area contributed by atoms with Crippen molar-refractivity contribution in [1.29, 1.82) is 0 Å². The molecule has 2 aliphatic rings. The van der Waals surface area contributed by atoms with Crippen LogP contribution in [0.5, 0.6) is 0 Å². The summed E-state index contributed by atoms with van der Waals surface area (Å²) in [5.41, 5.74) is 1.99. The van der Waals surface area contributed by atoms with Crippen LogP contribution in [0.3, 0.4) is 0 Å². The van der Waals surface area contributed by atoms with E-state index in [0.717, 1.165) is 41.7 Å². The highest BCUT2D eigenvalue weighted by molar-refractivity contribution is 6.08. The van der Waals surface area contributed by atoms with Crippen molar-refractivity contribution in [2.75, 3.05) is 11.9 Å². The van der Waals surface area contributed by atoms with E-state index in [1.807, 2.05) is 36.4 Å². The van der Waals surface area contributed by atoms with E-state index in [1.54, 1.807) is 12.3 Å². The largest absolute Gasteiger partial charge is 0.309 e. The molecule has 1 aliphatic carbocycles. The Labute approximate surface area is 157 Å². The second-order valence-electron chi connectivity index (χ2n) is 7.11. The maximum absolute atomic E-state index is 12.4. The van der Waals surface area contributed by atoms with Crippen LogP contribution >= 0.6 is 0 Å². The number of imide groups is 1. The summed E-state index contributed by atoms with van der Waals surface area (Å²) in [7, 11) is 0. The molecule has 2 aromatic rings. The maximum Gasteiger partial charge on any atom is 0.245 e. The van der Waals surface area contributed by atoms with Gasteiger partial charge in [-0.3, -0.25) is 19.3 Å². The summed E-state index contributed by atoms with van der Waals surface area (Å²) in [5, 5.41) is 2.67. The number of carbonyl (C=O) groups is 3. The second kappa shape index (κ2) is 7.31. The Bertz CT molecular complexity index is 840. The Morgan fingerprint density at radius 2 is 1.63 bits per heavy atom. The van der Waals surface area contributed by atoms with Crippen LogP contribution in [-0.4, -0.2) is 34.2 Å². The summed E-state index contributed by atoms with van der Waals surface area (Å²) in [4.78, 5) is 42.6. The van der Waals surface area contributed by atoms with E-state index in [0.29, 0.717) is 5.82 Å². The number of nitrogens with zero attached hydrogens (tertiary/aromatic N) is 2. The number of hydrogen-bond donors (Lipinski definition) is 1. The fourth-order valence-electron chi connectivity index (χ4n) is 3.98. The van der Waals surface area contributed by atoms with Crippen LogP contribution in [0.25, 0.3) is 11.1 Å². The van der Waals surface area contributed by atoms with Gasteiger partial charge in [-0.15, -0.1) is 0 Å². The number of benzene rings is 1. The molecule has 0 unspecified atom stereocenters. The van der Waals surface area contributed by atoms with Crippen molar-refractivity contribution >= 4 is 23.5 Å². The van der Waals surface area contributed by atoms with Crippen molar-refractivity contribution in [3.05, 3.63) is 48.7 Å². The molecular weight excluding hydrogens is 342 g/mol. The lowest BCUT2D eigenvalue weighted by molar-refractivity contribution is -0.142. The Balaban J connectivity index is 1.39. The SMILES string of the molecule is O=C(CN1C(=O)[C@H]2CCCC[C@H]2C1=O)Nc1ccc(-c2ccccc2)cn1. The number of fused-ring (bicyclic) bond motifs is 1. The molecule has 2 heterocycles. The Kier molecular flexibility index (Phi) is 4.71. The minimum atomic E-state index is -0.407. The zero-order valence-corrected chi connectivity index (χ0v) is 14.9. The Hall–Kier alpha value is -3.02. The molecule has 1 N–H and O–H groups in total. The molecule has 1 aromatic carbocycles.